The molecule has 1 aliphatic rings. The molecule has 4 rings (SSSR count). The second kappa shape index (κ2) is 9.54. The van der Waals surface area contributed by atoms with Gasteiger partial charge in [0, 0.05) is 30.3 Å². The molecule has 2 atom stereocenters. The highest BCUT2D eigenvalue weighted by molar-refractivity contribution is 5.79. The number of hydrogen-bond donors (Lipinski definition) is 3. The molecule has 0 aliphatic heterocycles. The summed E-state index contributed by atoms with van der Waals surface area (Å²) in [6, 6.07) is 16.3. The maximum atomic E-state index is 12.3. The van der Waals surface area contributed by atoms with Crippen LogP contribution in [-0.2, 0) is 11.3 Å². The van der Waals surface area contributed by atoms with Crippen LogP contribution in [0.3, 0.4) is 0 Å². The van der Waals surface area contributed by atoms with Gasteiger partial charge in [0.05, 0.1) is 6.20 Å². The molecule has 1 aliphatic carbocycles. The van der Waals surface area contributed by atoms with Crippen LogP contribution in [0.4, 0.5) is 4.79 Å². The number of rotatable bonds is 8. The molecule has 1 heterocycles. The summed E-state index contributed by atoms with van der Waals surface area (Å²) in [5.74, 6) is -0.0317. The molecule has 7 nitrogen and oxygen atoms in total. The van der Waals surface area contributed by atoms with Crippen LogP contribution in [0, 0.1) is 6.92 Å². The second-order valence-corrected chi connectivity index (χ2v) is 8.13. The van der Waals surface area contributed by atoms with Crippen molar-refractivity contribution in [1.82, 2.24) is 15.1 Å². The monoisotopic (exact) mass is 435 g/mol. The summed E-state index contributed by atoms with van der Waals surface area (Å²) in [5, 5.41) is 27.7. The fourth-order valence-electron chi connectivity index (χ4n) is 4.34. The summed E-state index contributed by atoms with van der Waals surface area (Å²) < 4.78 is 7.27. The molecular weight excluding hydrogens is 406 g/mol. The first-order chi connectivity index (χ1) is 15.5. The molecule has 3 N–H and O–H groups in total. The van der Waals surface area contributed by atoms with Gasteiger partial charge < -0.3 is 20.3 Å². The first-order valence-electron chi connectivity index (χ1n) is 11.0. The van der Waals surface area contributed by atoms with E-state index in [0.717, 1.165) is 40.9 Å². The highest BCUT2D eigenvalue weighted by Crippen LogP contribution is 2.44. The van der Waals surface area contributed by atoms with E-state index >= 15 is 0 Å². The molecule has 0 saturated carbocycles. The van der Waals surface area contributed by atoms with E-state index in [0.29, 0.717) is 5.56 Å². The topological polar surface area (TPSA) is 96.6 Å². The smallest absolute Gasteiger partial charge is 0.407 e. The Labute approximate surface area is 187 Å². The van der Waals surface area contributed by atoms with Gasteiger partial charge >= 0.3 is 6.09 Å². The van der Waals surface area contributed by atoms with E-state index in [1.54, 1.807) is 10.9 Å². The number of aliphatic hydroxyl groups is 2. The van der Waals surface area contributed by atoms with Crippen LogP contribution in [0.5, 0.6) is 0 Å². The van der Waals surface area contributed by atoms with Gasteiger partial charge in [-0.2, -0.15) is 5.10 Å². The van der Waals surface area contributed by atoms with Crippen molar-refractivity contribution in [3.05, 3.63) is 77.1 Å². The molecule has 2 unspecified atom stereocenters. The van der Waals surface area contributed by atoms with Crippen LogP contribution in [-0.4, -0.2) is 45.3 Å². The quantitative estimate of drug-likeness (QED) is 0.503. The van der Waals surface area contributed by atoms with Crippen molar-refractivity contribution in [1.29, 1.82) is 0 Å². The summed E-state index contributed by atoms with van der Waals surface area (Å²) in [4.78, 5) is 12.3. The lowest BCUT2D eigenvalue weighted by atomic mass is 9.98. The average molecular weight is 436 g/mol. The molecule has 3 aromatic rings. The largest absolute Gasteiger partial charge is 0.449 e. The Kier molecular flexibility index (Phi) is 6.58. The average Bonchev–Trinajstić information content (AvgIpc) is 3.33. The zero-order valence-electron chi connectivity index (χ0n) is 18.4. The highest BCUT2D eigenvalue weighted by Gasteiger charge is 2.29. The SMILES string of the molecule is CCCn1ncc(C(O)C(O)CNC(=O)OCC2c3ccccc3-c3ccccc32)c1C. The first kappa shape index (κ1) is 22.0. The summed E-state index contributed by atoms with van der Waals surface area (Å²) in [6.07, 6.45) is -0.463. The Morgan fingerprint density at radius 3 is 2.38 bits per heavy atom. The summed E-state index contributed by atoms with van der Waals surface area (Å²) >= 11 is 0. The van der Waals surface area contributed by atoms with Gasteiger partial charge in [0.1, 0.15) is 18.8 Å². The van der Waals surface area contributed by atoms with Crippen LogP contribution >= 0.6 is 0 Å². The Bertz CT molecular complexity index is 1050. The lowest BCUT2D eigenvalue weighted by Crippen LogP contribution is -2.36. The maximum absolute atomic E-state index is 12.3. The minimum Gasteiger partial charge on any atom is -0.449 e. The first-order valence-corrected chi connectivity index (χ1v) is 11.0. The van der Waals surface area contributed by atoms with E-state index in [1.165, 1.54) is 0 Å². The van der Waals surface area contributed by atoms with Gasteiger partial charge in [-0.05, 0) is 35.6 Å². The normalized spacial score (nSPS) is 14.5. The van der Waals surface area contributed by atoms with Crippen LogP contribution < -0.4 is 5.32 Å². The van der Waals surface area contributed by atoms with Crippen molar-refractivity contribution >= 4 is 6.09 Å². The van der Waals surface area contributed by atoms with E-state index < -0.39 is 18.3 Å². The Hall–Kier alpha value is -3.16. The molecule has 2 aromatic carbocycles. The van der Waals surface area contributed by atoms with Gasteiger partial charge in [-0.15, -0.1) is 0 Å². The number of carbonyl (C=O) groups excluding carboxylic acids is 1. The zero-order valence-corrected chi connectivity index (χ0v) is 18.4. The number of amides is 1. The van der Waals surface area contributed by atoms with Crippen molar-refractivity contribution in [2.45, 2.75) is 44.9 Å². The van der Waals surface area contributed by atoms with E-state index in [-0.39, 0.29) is 19.1 Å². The number of carbonyl (C=O) groups is 1. The molecule has 168 valence electrons. The molecular formula is C25H29N3O4. The summed E-state index contributed by atoms with van der Waals surface area (Å²) in [5.41, 5.74) is 5.96. The van der Waals surface area contributed by atoms with Crippen molar-refractivity contribution < 1.29 is 19.7 Å². The van der Waals surface area contributed by atoms with Gasteiger partial charge in [0.25, 0.3) is 0 Å². The number of ether oxygens (including phenoxy) is 1. The van der Waals surface area contributed by atoms with E-state index in [2.05, 4.69) is 34.7 Å². The van der Waals surface area contributed by atoms with Crippen LogP contribution in [0.25, 0.3) is 11.1 Å². The van der Waals surface area contributed by atoms with Gasteiger partial charge in [-0.1, -0.05) is 55.5 Å². The third kappa shape index (κ3) is 4.26. The lowest BCUT2D eigenvalue weighted by molar-refractivity contribution is 0.0181. The number of hydrogen-bond acceptors (Lipinski definition) is 5. The van der Waals surface area contributed by atoms with Gasteiger partial charge in [0.15, 0.2) is 0 Å². The minimum absolute atomic E-state index is 0.0317. The van der Waals surface area contributed by atoms with Gasteiger partial charge in [0.2, 0.25) is 0 Å². The Morgan fingerprint density at radius 2 is 1.75 bits per heavy atom. The lowest BCUT2D eigenvalue weighted by Gasteiger charge is -2.19. The Morgan fingerprint density at radius 1 is 1.12 bits per heavy atom. The van der Waals surface area contributed by atoms with Crippen molar-refractivity contribution in [2.24, 2.45) is 0 Å². The number of nitrogens with zero attached hydrogens (tertiary/aromatic N) is 2. The van der Waals surface area contributed by atoms with Crippen molar-refractivity contribution in [3.63, 3.8) is 0 Å². The third-order valence-corrected chi connectivity index (χ3v) is 6.06. The fraction of sp³-hybridized carbons (Fsp3) is 0.360. The molecule has 7 heteroatoms. The number of aryl methyl sites for hydroxylation is 1. The number of aromatic nitrogens is 2. The standard InChI is InChI=1S/C25H29N3O4/c1-3-12-28-16(2)21(13-27-28)24(30)23(29)14-26-25(31)32-15-22-19-10-6-4-8-17(19)18-9-5-7-11-20(18)22/h4-11,13,22-24,29-30H,3,12,14-15H2,1-2H3,(H,26,31). The Balaban J connectivity index is 1.33. The zero-order chi connectivity index (χ0) is 22.7. The molecule has 0 spiro atoms. The van der Waals surface area contributed by atoms with E-state index in [4.69, 9.17) is 4.74 Å². The summed E-state index contributed by atoms with van der Waals surface area (Å²) in [6.45, 7) is 4.71. The van der Waals surface area contributed by atoms with Gasteiger partial charge in [-0.3, -0.25) is 4.68 Å². The molecule has 1 aromatic heterocycles. The molecule has 0 bridgehead atoms. The molecule has 32 heavy (non-hydrogen) atoms. The number of benzene rings is 2. The number of aliphatic hydroxyl groups excluding tert-OH is 2. The maximum Gasteiger partial charge on any atom is 0.407 e. The van der Waals surface area contributed by atoms with Crippen molar-refractivity contribution in [3.8, 4) is 11.1 Å². The molecule has 0 saturated heterocycles. The second-order valence-electron chi connectivity index (χ2n) is 8.13. The van der Waals surface area contributed by atoms with E-state index in [9.17, 15) is 15.0 Å². The predicted molar refractivity (Wildman–Crippen MR) is 121 cm³/mol. The predicted octanol–water partition coefficient (Wildman–Crippen LogP) is 3.53. The number of alkyl carbamates (subject to hydrolysis) is 1. The van der Waals surface area contributed by atoms with Crippen LogP contribution in [0.15, 0.2) is 54.7 Å². The molecule has 0 fully saturated rings. The van der Waals surface area contributed by atoms with Crippen LogP contribution in [0.1, 0.15) is 47.8 Å². The number of nitrogens with one attached hydrogen (secondary N) is 1. The number of fused-ring (bicyclic) bond motifs is 3. The van der Waals surface area contributed by atoms with Crippen LogP contribution in [0.2, 0.25) is 0 Å². The fourth-order valence-corrected chi connectivity index (χ4v) is 4.34. The van der Waals surface area contributed by atoms with Crippen molar-refractivity contribution in [2.75, 3.05) is 13.2 Å². The minimum atomic E-state index is -1.17. The summed E-state index contributed by atoms with van der Waals surface area (Å²) in [7, 11) is 0. The molecule has 0 radical (unpaired) electrons. The third-order valence-electron chi connectivity index (χ3n) is 6.06. The highest BCUT2D eigenvalue weighted by atomic mass is 16.5. The van der Waals surface area contributed by atoms with E-state index in [1.807, 2.05) is 38.1 Å². The van der Waals surface area contributed by atoms with Gasteiger partial charge in [-0.25, -0.2) is 4.79 Å². The molecule has 1 amide bonds.